The highest BCUT2D eigenvalue weighted by molar-refractivity contribution is 6.51. The first-order valence-electron chi connectivity index (χ1n) is 5.10. The molecule has 0 aliphatic rings. The fourth-order valence-corrected chi connectivity index (χ4v) is 1.32. The van der Waals surface area contributed by atoms with Crippen molar-refractivity contribution < 1.29 is 9.39 Å². The number of alkyl halides is 1. The normalized spacial score (nSPS) is 10.4. The summed E-state index contributed by atoms with van der Waals surface area (Å²) in [6.45, 7) is 5.67. The van der Waals surface area contributed by atoms with Crippen molar-refractivity contribution in [3.8, 4) is 0 Å². The van der Waals surface area contributed by atoms with Crippen LogP contribution in [0.1, 0.15) is 26.7 Å². The van der Waals surface area contributed by atoms with Gasteiger partial charge >= 0.3 is 0 Å². The number of hydrogen-bond acceptors (Lipinski definition) is 2. The molecule has 0 rings (SSSR count). The van der Waals surface area contributed by atoms with Crippen LogP contribution < -0.4 is 0 Å². The number of rotatable bonds is 9. The van der Waals surface area contributed by atoms with Gasteiger partial charge in [0.15, 0.2) is 0 Å². The quantitative estimate of drug-likeness (QED) is 0.250. The summed E-state index contributed by atoms with van der Waals surface area (Å²) in [6.07, 6.45) is 4.58. The highest BCUT2D eigenvalue weighted by Crippen LogP contribution is 2.07. The maximum atomic E-state index is 5.54. The zero-order valence-corrected chi connectivity index (χ0v) is 9.48. The summed E-state index contributed by atoms with van der Waals surface area (Å²) in [5.41, 5.74) is 0. The predicted octanol–water partition coefficient (Wildman–Crippen LogP) is 3.03. The van der Waals surface area contributed by atoms with Crippen molar-refractivity contribution in [1.29, 1.82) is 0 Å². The van der Waals surface area contributed by atoms with E-state index in [9.17, 15) is 0 Å². The standard InChI is InChI=1S/C9H20BClO2/c1-3-5-10(6-4-2)13-9-12-8-7-11/h3-9H2,1-2H3. The van der Waals surface area contributed by atoms with Crippen LogP contribution in [0.4, 0.5) is 0 Å². The van der Waals surface area contributed by atoms with E-state index in [0.717, 1.165) is 12.6 Å². The minimum atomic E-state index is 0.366. The van der Waals surface area contributed by atoms with E-state index in [1.807, 2.05) is 0 Å². The maximum absolute atomic E-state index is 5.54. The molecule has 0 aromatic heterocycles. The molecular formula is C9H20BClO2. The van der Waals surface area contributed by atoms with Crippen LogP contribution >= 0.6 is 11.6 Å². The Morgan fingerprint density at radius 3 is 2.23 bits per heavy atom. The van der Waals surface area contributed by atoms with Crippen molar-refractivity contribution in [2.45, 2.75) is 39.3 Å². The van der Waals surface area contributed by atoms with E-state index in [-0.39, 0.29) is 0 Å². The lowest BCUT2D eigenvalue weighted by molar-refractivity contribution is 0.0208. The summed E-state index contributed by atoms with van der Waals surface area (Å²) in [5, 5.41) is 0. The van der Waals surface area contributed by atoms with Crippen LogP contribution in [0.2, 0.25) is 12.6 Å². The fraction of sp³-hybridized carbons (Fsp3) is 1.00. The molecule has 0 spiro atoms. The molecule has 4 heteroatoms. The second kappa shape index (κ2) is 10.4. The highest BCUT2D eigenvalue weighted by atomic mass is 35.5. The van der Waals surface area contributed by atoms with Crippen LogP contribution in [0, 0.1) is 0 Å². The second-order valence-electron chi connectivity index (χ2n) is 3.08. The molecule has 0 aliphatic carbocycles. The Morgan fingerprint density at radius 2 is 1.77 bits per heavy atom. The molecule has 0 atom stereocenters. The van der Waals surface area contributed by atoms with Crippen molar-refractivity contribution in [3.05, 3.63) is 0 Å². The minimum absolute atomic E-state index is 0.366. The number of ether oxygens (including phenoxy) is 1. The second-order valence-corrected chi connectivity index (χ2v) is 3.46. The lowest BCUT2D eigenvalue weighted by atomic mass is 9.60. The highest BCUT2D eigenvalue weighted by Gasteiger charge is 2.12. The van der Waals surface area contributed by atoms with Gasteiger partial charge in [0.2, 0.25) is 0 Å². The van der Waals surface area contributed by atoms with E-state index in [2.05, 4.69) is 13.8 Å². The van der Waals surface area contributed by atoms with E-state index in [1.165, 1.54) is 12.8 Å². The Morgan fingerprint density at radius 1 is 1.15 bits per heavy atom. The first-order valence-corrected chi connectivity index (χ1v) is 5.63. The van der Waals surface area contributed by atoms with Gasteiger partial charge in [-0.1, -0.05) is 26.7 Å². The van der Waals surface area contributed by atoms with Gasteiger partial charge in [0.1, 0.15) is 6.79 Å². The van der Waals surface area contributed by atoms with Crippen molar-refractivity contribution >= 4 is 18.5 Å². The van der Waals surface area contributed by atoms with E-state index in [0.29, 0.717) is 26.2 Å². The van der Waals surface area contributed by atoms with Crippen LogP contribution in [-0.4, -0.2) is 26.2 Å². The van der Waals surface area contributed by atoms with Crippen LogP contribution in [0.5, 0.6) is 0 Å². The van der Waals surface area contributed by atoms with Crippen molar-refractivity contribution in [2.75, 3.05) is 19.3 Å². The Balaban J connectivity index is 3.33. The summed E-state index contributed by atoms with van der Waals surface area (Å²) in [5.74, 6) is 0.537. The topological polar surface area (TPSA) is 18.5 Å². The van der Waals surface area contributed by atoms with Gasteiger partial charge in [0.25, 0.3) is 6.92 Å². The SMILES string of the molecule is CCCB(CCC)OCOCCCl. The van der Waals surface area contributed by atoms with Crippen LogP contribution in [0.3, 0.4) is 0 Å². The van der Waals surface area contributed by atoms with Crippen LogP contribution in [0.15, 0.2) is 0 Å². The first-order chi connectivity index (χ1) is 6.35. The van der Waals surface area contributed by atoms with E-state index < -0.39 is 0 Å². The summed E-state index contributed by atoms with van der Waals surface area (Å²) < 4.78 is 10.7. The van der Waals surface area contributed by atoms with Crippen LogP contribution in [-0.2, 0) is 9.39 Å². The van der Waals surface area contributed by atoms with E-state index in [1.54, 1.807) is 0 Å². The van der Waals surface area contributed by atoms with E-state index in [4.69, 9.17) is 21.0 Å². The van der Waals surface area contributed by atoms with Crippen molar-refractivity contribution in [1.82, 2.24) is 0 Å². The molecule has 0 aromatic carbocycles. The lowest BCUT2D eigenvalue weighted by Crippen LogP contribution is -2.19. The largest absolute Gasteiger partial charge is 0.415 e. The summed E-state index contributed by atoms with van der Waals surface area (Å²) in [6, 6.07) is 0. The monoisotopic (exact) mass is 206 g/mol. The summed E-state index contributed by atoms with van der Waals surface area (Å²) in [4.78, 5) is 0. The van der Waals surface area contributed by atoms with Gasteiger partial charge in [-0.15, -0.1) is 11.6 Å². The third kappa shape index (κ3) is 8.60. The number of hydrogen-bond donors (Lipinski definition) is 0. The van der Waals surface area contributed by atoms with Crippen molar-refractivity contribution in [3.63, 3.8) is 0 Å². The summed E-state index contributed by atoms with van der Waals surface area (Å²) in [7, 11) is 0. The molecule has 0 heterocycles. The molecule has 0 saturated carbocycles. The van der Waals surface area contributed by atoms with Crippen LogP contribution in [0.25, 0.3) is 0 Å². The molecule has 0 radical (unpaired) electrons. The average Bonchev–Trinajstić information content (AvgIpc) is 2.13. The van der Waals surface area contributed by atoms with Gasteiger partial charge in [-0.3, -0.25) is 0 Å². The maximum Gasteiger partial charge on any atom is 0.296 e. The van der Waals surface area contributed by atoms with Gasteiger partial charge in [0.05, 0.1) is 6.61 Å². The Labute approximate surface area is 87.0 Å². The first kappa shape index (κ1) is 13.3. The van der Waals surface area contributed by atoms with Gasteiger partial charge in [-0.2, -0.15) is 0 Å². The Bertz CT molecular complexity index is 97.6. The molecule has 2 nitrogen and oxygen atoms in total. The number of halogens is 1. The molecule has 0 unspecified atom stereocenters. The molecule has 13 heavy (non-hydrogen) atoms. The average molecular weight is 207 g/mol. The molecule has 0 fully saturated rings. The molecule has 78 valence electrons. The smallest absolute Gasteiger partial charge is 0.296 e. The minimum Gasteiger partial charge on any atom is -0.415 e. The molecule has 0 aromatic rings. The third-order valence-electron chi connectivity index (χ3n) is 1.83. The molecule has 0 aliphatic heterocycles. The van der Waals surface area contributed by atoms with Gasteiger partial charge in [0, 0.05) is 5.88 Å². The Kier molecular flexibility index (Phi) is 10.6. The molecule has 0 bridgehead atoms. The van der Waals surface area contributed by atoms with Gasteiger partial charge in [-0.05, 0) is 12.6 Å². The van der Waals surface area contributed by atoms with Gasteiger partial charge in [-0.25, -0.2) is 0 Å². The fourth-order valence-electron chi connectivity index (χ4n) is 1.21. The summed E-state index contributed by atoms with van der Waals surface area (Å²) >= 11 is 5.46. The lowest BCUT2D eigenvalue weighted by Gasteiger charge is -2.12. The predicted molar refractivity (Wildman–Crippen MR) is 58.6 cm³/mol. The third-order valence-corrected chi connectivity index (χ3v) is 1.98. The van der Waals surface area contributed by atoms with E-state index >= 15 is 0 Å². The molecular weight excluding hydrogens is 186 g/mol. The van der Waals surface area contributed by atoms with Crippen molar-refractivity contribution in [2.24, 2.45) is 0 Å². The van der Waals surface area contributed by atoms with Gasteiger partial charge < -0.3 is 9.39 Å². The molecule has 0 saturated heterocycles. The Hall–Kier alpha value is 0.275. The molecule has 0 N–H and O–H groups in total. The molecule has 0 amide bonds. The zero-order valence-electron chi connectivity index (χ0n) is 8.72. The zero-order chi connectivity index (χ0) is 9.94.